The highest BCUT2D eigenvalue weighted by Crippen LogP contribution is 2.27. The average Bonchev–Trinajstić information content (AvgIpc) is 2.61. The molecule has 0 radical (unpaired) electrons. The van der Waals surface area contributed by atoms with Crippen LogP contribution in [-0.2, 0) is 10.2 Å². The van der Waals surface area contributed by atoms with E-state index in [0.29, 0.717) is 6.04 Å². The molecule has 0 aliphatic carbocycles. The average molecular weight is 332 g/mol. The van der Waals surface area contributed by atoms with Crippen molar-refractivity contribution in [1.29, 1.82) is 0 Å². The van der Waals surface area contributed by atoms with Gasteiger partial charge in [0.25, 0.3) is 0 Å². The lowest BCUT2D eigenvalue weighted by atomic mass is 9.86. The predicted molar refractivity (Wildman–Crippen MR) is 99.6 cm³/mol. The Morgan fingerprint density at radius 1 is 1.00 bits per heavy atom. The van der Waals surface area contributed by atoms with Crippen LogP contribution in [0.25, 0.3) is 0 Å². The van der Waals surface area contributed by atoms with Crippen LogP contribution in [0.3, 0.4) is 0 Å². The monoisotopic (exact) mass is 331 g/mol. The molecule has 2 heterocycles. The summed E-state index contributed by atoms with van der Waals surface area (Å²) in [5.41, 5.74) is 3.08. The Hall–Kier alpha value is -0.940. The Morgan fingerprint density at radius 3 is 2.21 bits per heavy atom. The highest BCUT2D eigenvalue weighted by atomic mass is 16.5. The van der Waals surface area contributed by atoms with Crippen molar-refractivity contribution >= 4 is 0 Å². The lowest BCUT2D eigenvalue weighted by Gasteiger charge is -2.39. The highest BCUT2D eigenvalue weighted by molar-refractivity contribution is 5.29. The second kappa shape index (κ2) is 7.96. The molecule has 1 aromatic carbocycles. The van der Waals surface area contributed by atoms with Gasteiger partial charge in [0.15, 0.2) is 0 Å². The molecule has 1 N–H and O–H groups in total. The third kappa shape index (κ3) is 4.57. The van der Waals surface area contributed by atoms with Crippen molar-refractivity contribution in [2.75, 3.05) is 59.0 Å². The number of benzene rings is 1. The number of nitrogens with zero attached hydrogens (tertiary/aromatic N) is 2. The van der Waals surface area contributed by atoms with Crippen molar-refractivity contribution in [2.45, 2.75) is 32.2 Å². The van der Waals surface area contributed by atoms with Crippen LogP contribution in [-0.4, -0.2) is 68.8 Å². The van der Waals surface area contributed by atoms with Crippen LogP contribution < -0.4 is 5.32 Å². The first-order chi connectivity index (χ1) is 11.5. The maximum absolute atomic E-state index is 5.52. The van der Waals surface area contributed by atoms with Crippen molar-refractivity contribution < 1.29 is 4.74 Å². The Labute approximate surface area is 147 Å². The second-order valence-electron chi connectivity index (χ2n) is 8.09. The molecule has 3 rings (SSSR count). The molecule has 1 aromatic rings. The van der Waals surface area contributed by atoms with E-state index in [0.717, 1.165) is 59.0 Å². The van der Waals surface area contributed by atoms with Crippen LogP contribution in [0.2, 0.25) is 0 Å². The molecule has 1 unspecified atom stereocenters. The Morgan fingerprint density at radius 2 is 1.62 bits per heavy atom. The van der Waals surface area contributed by atoms with Gasteiger partial charge >= 0.3 is 0 Å². The third-order valence-corrected chi connectivity index (χ3v) is 5.29. The molecule has 134 valence electrons. The summed E-state index contributed by atoms with van der Waals surface area (Å²) in [6.07, 6.45) is 0. The van der Waals surface area contributed by atoms with Gasteiger partial charge in [-0.25, -0.2) is 0 Å². The van der Waals surface area contributed by atoms with Gasteiger partial charge in [-0.3, -0.25) is 9.80 Å². The molecule has 1 atom stereocenters. The fraction of sp³-hybridized carbons (Fsp3) is 0.700. The summed E-state index contributed by atoms with van der Waals surface area (Å²) in [5, 5.41) is 3.48. The number of hydrogen-bond donors (Lipinski definition) is 1. The van der Waals surface area contributed by atoms with Gasteiger partial charge in [-0.15, -0.1) is 0 Å². The molecule has 24 heavy (non-hydrogen) atoms. The van der Waals surface area contributed by atoms with Gasteiger partial charge in [0, 0.05) is 51.9 Å². The molecule has 0 spiro atoms. The molecule has 0 aromatic heterocycles. The van der Waals surface area contributed by atoms with Crippen LogP contribution in [0, 0.1) is 0 Å². The van der Waals surface area contributed by atoms with E-state index in [9.17, 15) is 0 Å². The summed E-state index contributed by atoms with van der Waals surface area (Å²) in [6, 6.07) is 9.84. The summed E-state index contributed by atoms with van der Waals surface area (Å²) < 4.78 is 5.52. The fourth-order valence-electron chi connectivity index (χ4n) is 3.66. The van der Waals surface area contributed by atoms with E-state index in [1.54, 1.807) is 0 Å². The summed E-state index contributed by atoms with van der Waals surface area (Å²) in [7, 11) is 0. The highest BCUT2D eigenvalue weighted by Gasteiger charge is 2.25. The zero-order valence-corrected chi connectivity index (χ0v) is 15.6. The van der Waals surface area contributed by atoms with Gasteiger partial charge in [0.2, 0.25) is 0 Å². The quantitative estimate of drug-likeness (QED) is 0.916. The molecule has 0 amide bonds. The van der Waals surface area contributed by atoms with E-state index in [1.165, 1.54) is 11.1 Å². The topological polar surface area (TPSA) is 27.7 Å². The van der Waals surface area contributed by atoms with E-state index in [1.807, 2.05) is 0 Å². The van der Waals surface area contributed by atoms with Gasteiger partial charge in [-0.05, 0) is 16.5 Å². The summed E-state index contributed by atoms with van der Waals surface area (Å²) in [6.45, 7) is 16.3. The number of hydrogen-bond acceptors (Lipinski definition) is 4. The van der Waals surface area contributed by atoms with Crippen molar-refractivity contribution in [2.24, 2.45) is 0 Å². The Balaban J connectivity index is 1.77. The number of piperazine rings is 1. The van der Waals surface area contributed by atoms with Crippen LogP contribution in [0.15, 0.2) is 24.3 Å². The summed E-state index contributed by atoms with van der Waals surface area (Å²) in [5.74, 6) is 0. The normalized spacial score (nSPS) is 22.5. The molecule has 0 saturated carbocycles. The molecule has 4 nitrogen and oxygen atoms in total. The Kier molecular flexibility index (Phi) is 5.93. The van der Waals surface area contributed by atoms with Gasteiger partial charge in [0.1, 0.15) is 0 Å². The summed E-state index contributed by atoms with van der Waals surface area (Å²) in [4.78, 5) is 5.21. The molecular formula is C20H33N3O. The zero-order valence-electron chi connectivity index (χ0n) is 15.6. The van der Waals surface area contributed by atoms with E-state index in [-0.39, 0.29) is 5.41 Å². The maximum Gasteiger partial charge on any atom is 0.0594 e. The molecule has 2 aliphatic rings. The number of rotatable bonds is 4. The minimum absolute atomic E-state index is 0.216. The van der Waals surface area contributed by atoms with E-state index in [2.05, 4.69) is 60.2 Å². The molecule has 2 saturated heterocycles. The SMILES string of the molecule is CC(C)(C)c1ccc(C(CN2CCOCC2)N2CCNCC2)cc1. The van der Waals surface area contributed by atoms with Crippen LogP contribution in [0.4, 0.5) is 0 Å². The first-order valence-corrected chi connectivity index (χ1v) is 9.39. The number of morpholine rings is 1. The third-order valence-electron chi connectivity index (χ3n) is 5.29. The minimum atomic E-state index is 0.216. The van der Waals surface area contributed by atoms with E-state index in [4.69, 9.17) is 4.74 Å². The molecule has 2 aliphatic heterocycles. The van der Waals surface area contributed by atoms with Crippen LogP contribution >= 0.6 is 0 Å². The predicted octanol–water partition coefficient (Wildman–Crippen LogP) is 2.26. The molecule has 4 heteroatoms. The van der Waals surface area contributed by atoms with Gasteiger partial charge in [0.05, 0.1) is 13.2 Å². The largest absolute Gasteiger partial charge is 0.379 e. The van der Waals surface area contributed by atoms with E-state index < -0.39 is 0 Å². The van der Waals surface area contributed by atoms with Gasteiger partial charge in [-0.2, -0.15) is 0 Å². The first kappa shape index (κ1) is 17.9. The number of nitrogens with one attached hydrogen (secondary N) is 1. The Bertz CT molecular complexity index is 497. The maximum atomic E-state index is 5.52. The zero-order chi connectivity index (χ0) is 17.0. The van der Waals surface area contributed by atoms with Gasteiger partial charge < -0.3 is 10.1 Å². The molecule has 2 fully saturated rings. The fourth-order valence-corrected chi connectivity index (χ4v) is 3.66. The van der Waals surface area contributed by atoms with Crippen LogP contribution in [0.5, 0.6) is 0 Å². The van der Waals surface area contributed by atoms with Gasteiger partial charge in [-0.1, -0.05) is 45.0 Å². The first-order valence-electron chi connectivity index (χ1n) is 9.39. The van der Waals surface area contributed by atoms with Crippen molar-refractivity contribution in [3.05, 3.63) is 35.4 Å². The summed E-state index contributed by atoms with van der Waals surface area (Å²) >= 11 is 0. The smallest absolute Gasteiger partial charge is 0.0594 e. The second-order valence-corrected chi connectivity index (χ2v) is 8.09. The lowest BCUT2D eigenvalue weighted by Crippen LogP contribution is -2.49. The molecular weight excluding hydrogens is 298 g/mol. The van der Waals surface area contributed by atoms with Crippen molar-refractivity contribution in [3.63, 3.8) is 0 Å². The number of ether oxygens (including phenoxy) is 1. The minimum Gasteiger partial charge on any atom is -0.379 e. The lowest BCUT2D eigenvalue weighted by molar-refractivity contribution is 0.0206. The van der Waals surface area contributed by atoms with Crippen molar-refractivity contribution in [1.82, 2.24) is 15.1 Å². The van der Waals surface area contributed by atoms with Crippen molar-refractivity contribution in [3.8, 4) is 0 Å². The standard InChI is InChI=1S/C20H33N3O/c1-20(2,3)18-6-4-17(5-7-18)19(23-10-8-21-9-11-23)16-22-12-14-24-15-13-22/h4-7,19,21H,8-16H2,1-3H3. The van der Waals surface area contributed by atoms with E-state index >= 15 is 0 Å². The molecule has 0 bridgehead atoms. The van der Waals surface area contributed by atoms with Crippen LogP contribution in [0.1, 0.15) is 37.9 Å².